The van der Waals surface area contributed by atoms with Crippen LogP contribution in [0, 0.1) is 13.8 Å². The van der Waals surface area contributed by atoms with E-state index in [1.165, 1.54) is 23.9 Å². The van der Waals surface area contributed by atoms with E-state index in [0.29, 0.717) is 13.1 Å². The molecule has 0 unspecified atom stereocenters. The van der Waals surface area contributed by atoms with Crippen LogP contribution in [-0.2, 0) is 14.8 Å². The molecule has 1 amide bonds. The fourth-order valence-corrected chi connectivity index (χ4v) is 3.03. The van der Waals surface area contributed by atoms with Gasteiger partial charge in [-0.15, -0.1) is 0 Å². The molecule has 0 atom stereocenters. The van der Waals surface area contributed by atoms with E-state index in [2.05, 4.69) is 36.9 Å². The van der Waals surface area contributed by atoms with Crippen molar-refractivity contribution in [1.29, 1.82) is 0 Å². The van der Waals surface area contributed by atoms with Crippen molar-refractivity contribution in [3.63, 3.8) is 0 Å². The Balaban J connectivity index is 1.96. The number of nitrogens with zero attached hydrogens (tertiary/aromatic N) is 3. The number of piperazine rings is 1. The van der Waals surface area contributed by atoms with Crippen molar-refractivity contribution >= 4 is 21.6 Å². The standard InChI is InChI=1S/C16H25N3O3S/c1-13-6-5-7-15(14(13)2)18-8-10-19(11-9-18)16(20)12-17(3)23(4,21)22/h5-7H,8-12H2,1-4H3. The van der Waals surface area contributed by atoms with Gasteiger partial charge in [0.05, 0.1) is 12.8 Å². The maximum atomic E-state index is 12.2. The molecule has 1 saturated heterocycles. The van der Waals surface area contributed by atoms with Crippen molar-refractivity contribution in [2.75, 3.05) is 50.9 Å². The van der Waals surface area contributed by atoms with Gasteiger partial charge in [-0.05, 0) is 31.0 Å². The lowest BCUT2D eigenvalue weighted by molar-refractivity contribution is -0.131. The molecule has 1 aliphatic rings. The molecule has 6 nitrogen and oxygen atoms in total. The predicted octanol–water partition coefficient (Wildman–Crippen LogP) is 0.843. The molecule has 23 heavy (non-hydrogen) atoms. The Kier molecular flexibility index (Phi) is 5.31. The first-order valence-corrected chi connectivity index (χ1v) is 9.55. The summed E-state index contributed by atoms with van der Waals surface area (Å²) in [5, 5.41) is 0. The average molecular weight is 339 g/mol. The number of anilines is 1. The first-order chi connectivity index (χ1) is 10.7. The lowest BCUT2D eigenvalue weighted by Gasteiger charge is -2.37. The molecule has 0 saturated carbocycles. The zero-order valence-corrected chi connectivity index (χ0v) is 15.1. The minimum absolute atomic E-state index is 0.0949. The largest absolute Gasteiger partial charge is 0.368 e. The minimum atomic E-state index is -3.33. The molecule has 0 radical (unpaired) electrons. The van der Waals surface area contributed by atoms with E-state index in [1.54, 1.807) is 4.90 Å². The van der Waals surface area contributed by atoms with Gasteiger partial charge < -0.3 is 9.80 Å². The average Bonchev–Trinajstić information content (AvgIpc) is 2.49. The van der Waals surface area contributed by atoms with Crippen molar-refractivity contribution in [1.82, 2.24) is 9.21 Å². The Bertz CT molecular complexity index is 680. The van der Waals surface area contributed by atoms with Gasteiger partial charge in [0.15, 0.2) is 0 Å². The summed E-state index contributed by atoms with van der Waals surface area (Å²) in [6.45, 7) is 6.87. The molecule has 1 aliphatic heterocycles. The van der Waals surface area contributed by atoms with E-state index in [0.717, 1.165) is 23.7 Å². The van der Waals surface area contributed by atoms with Crippen LogP contribution in [0.3, 0.4) is 0 Å². The maximum Gasteiger partial charge on any atom is 0.238 e. The van der Waals surface area contributed by atoms with Gasteiger partial charge in [0.25, 0.3) is 0 Å². The predicted molar refractivity (Wildman–Crippen MR) is 92.2 cm³/mol. The summed E-state index contributed by atoms with van der Waals surface area (Å²) < 4.78 is 23.9. The van der Waals surface area contributed by atoms with Gasteiger partial charge in [-0.25, -0.2) is 8.42 Å². The Morgan fingerprint density at radius 2 is 1.78 bits per heavy atom. The second-order valence-corrected chi connectivity index (χ2v) is 8.20. The molecule has 0 bridgehead atoms. The minimum Gasteiger partial charge on any atom is -0.368 e. The van der Waals surface area contributed by atoms with Crippen molar-refractivity contribution in [2.24, 2.45) is 0 Å². The van der Waals surface area contributed by atoms with E-state index in [1.807, 2.05) is 0 Å². The number of hydrogen-bond donors (Lipinski definition) is 0. The smallest absolute Gasteiger partial charge is 0.238 e. The van der Waals surface area contributed by atoms with Crippen molar-refractivity contribution in [2.45, 2.75) is 13.8 Å². The molecular weight excluding hydrogens is 314 g/mol. The normalized spacial score (nSPS) is 16.0. The highest BCUT2D eigenvalue weighted by Crippen LogP contribution is 2.23. The summed E-state index contributed by atoms with van der Waals surface area (Å²) >= 11 is 0. The van der Waals surface area contributed by atoms with Crippen LogP contribution in [0.2, 0.25) is 0 Å². The van der Waals surface area contributed by atoms with Crippen molar-refractivity contribution in [3.05, 3.63) is 29.3 Å². The number of rotatable bonds is 4. The number of likely N-dealkylation sites (N-methyl/N-ethyl adjacent to an activating group) is 1. The molecule has 1 fully saturated rings. The highest BCUT2D eigenvalue weighted by molar-refractivity contribution is 7.88. The molecule has 0 aliphatic carbocycles. The quantitative estimate of drug-likeness (QED) is 0.816. The van der Waals surface area contributed by atoms with Crippen LogP contribution in [0.5, 0.6) is 0 Å². The first-order valence-electron chi connectivity index (χ1n) is 7.70. The van der Waals surface area contributed by atoms with Crippen LogP contribution in [0.4, 0.5) is 5.69 Å². The molecule has 1 aromatic carbocycles. The zero-order valence-electron chi connectivity index (χ0n) is 14.2. The Hall–Kier alpha value is -1.60. The fourth-order valence-electron chi connectivity index (χ4n) is 2.68. The van der Waals surface area contributed by atoms with Crippen LogP contribution >= 0.6 is 0 Å². The molecule has 1 aromatic rings. The van der Waals surface area contributed by atoms with Crippen LogP contribution in [0.25, 0.3) is 0 Å². The van der Waals surface area contributed by atoms with E-state index >= 15 is 0 Å². The molecule has 7 heteroatoms. The number of carbonyl (C=O) groups excluding carboxylic acids is 1. The Morgan fingerprint density at radius 3 is 2.35 bits per heavy atom. The number of hydrogen-bond acceptors (Lipinski definition) is 4. The highest BCUT2D eigenvalue weighted by Gasteiger charge is 2.24. The van der Waals surface area contributed by atoms with Gasteiger partial charge in [0, 0.05) is 38.9 Å². The fraction of sp³-hybridized carbons (Fsp3) is 0.562. The summed E-state index contributed by atoms with van der Waals surface area (Å²) in [7, 11) is -1.90. The van der Waals surface area contributed by atoms with Crippen LogP contribution in [0.1, 0.15) is 11.1 Å². The lowest BCUT2D eigenvalue weighted by Crippen LogP contribution is -2.51. The van der Waals surface area contributed by atoms with Gasteiger partial charge in [0.1, 0.15) is 0 Å². The lowest BCUT2D eigenvalue weighted by atomic mass is 10.1. The van der Waals surface area contributed by atoms with E-state index < -0.39 is 10.0 Å². The summed E-state index contributed by atoms with van der Waals surface area (Å²) in [6, 6.07) is 6.26. The third-order valence-corrected chi connectivity index (χ3v) is 5.73. The topological polar surface area (TPSA) is 60.9 Å². The third-order valence-electron chi connectivity index (χ3n) is 4.47. The monoisotopic (exact) mass is 339 g/mol. The Labute approximate surface area is 138 Å². The second kappa shape index (κ2) is 6.88. The third kappa shape index (κ3) is 4.23. The molecular formula is C16H25N3O3S. The zero-order chi connectivity index (χ0) is 17.2. The number of amides is 1. The summed E-state index contributed by atoms with van der Waals surface area (Å²) in [5.41, 5.74) is 3.74. The van der Waals surface area contributed by atoms with E-state index in [-0.39, 0.29) is 12.5 Å². The van der Waals surface area contributed by atoms with Gasteiger partial charge in [-0.2, -0.15) is 4.31 Å². The molecule has 128 valence electrons. The number of sulfonamides is 1. The molecule has 0 N–H and O–H groups in total. The first kappa shape index (κ1) is 17.7. The molecule has 0 spiro atoms. The number of carbonyl (C=O) groups is 1. The Morgan fingerprint density at radius 1 is 1.17 bits per heavy atom. The SMILES string of the molecule is Cc1cccc(N2CCN(C(=O)CN(C)S(C)(=O)=O)CC2)c1C. The van der Waals surface area contributed by atoms with Gasteiger partial charge in [-0.1, -0.05) is 12.1 Å². The van der Waals surface area contributed by atoms with Crippen molar-refractivity contribution in [3.8, 4) is 0 Å². The van der Waals surface area contributed by atoms with Gasteiger partial charge in [-0.3, -0.25) is 4.79 Å². The number of aryl methyl sites for hydroxylation is 1. The van der Waals surface area contributed by atoms with Crippen LogP contribution < -0.4 is 4.90 Å². The van der Waals surface area contributed by atoms with Crippen molar-refractivity contribution < 1.29 is 13.2 Å². The highest BCUT2D eigenvalue weighted by atomic mass is 32.2. The number of benzene rings is 1. The molecule has 1 heterocycles. The van der Waals surface area contributed by atoms with Gasteiger partial charge in [0.2, 0.25) is 15.9 Å². The second-order valence-electron chi connectivity index (χ2n) is 6.11. The summed E-state index contributed by atoms with van der Waals surface area (Å²) in [6.07, 6.45) is 1.11. The summed E-state index contributed by atoms with van der Waals surface area (Å²) in [4.78, 5) is 16.2. The molecule has 0 aromatic heterocycles. The van der Waals surface area contributed by atoms with E-state index in [9.17, 15) is 13.2 Å². The molecule has 2 rings (SSSR count). The van der Waals surface area contributed by atoms with E-state index in [4.69, 9.17) is 0 Å². The van der Waals surface area contributed by atoms with Crippen LogP contribution in [-0.4, -0.2) is 69.6 Å². The van der Waals surface area contributed by atoms with Gasteiger partial charge >= 0.3 is 0 Å². The maximum absolute atomic E-state index is 12.2. The summed E-state index contributed by atoms with van der Waals surface area (Å²) in [5.74, 6) is -0.140. The van der Waals surface area contributed by atoms with Crippen LogP contribution in [0.15, 0.2) is 18.2 Å².